The van der Waals surface area contributed by atoms with Crippen LogP contribution in [0.4, 0.5) is 0 Å². The van der Waals surface area contributed by atoms with Crippen molar-refractivity contribution in [2.45, 2.75) is 13.2 Å². The van der Waals surface area contributed by atoms with Crippen LogP contribution in [0.15, 0.2) is 23.7 Å². The number of imidazole rings is 1. The molecule has 0 aliphatic rings. The summed E-state index contributed by atoms with van der Waals surface area (Å²) < 4.78 is 3.66. The van der Waals surface area contributed by atoms with E-state index in [1.807, 2.05) is 27.9 Å². The van der Waals surface area contributed by atoms with Gasteiger partial charge in [-0.3, -0.25) is 0 Å². The Morgan fingerprint density at radius 1 is 1.50 bits per heavy atom. The summed E-state index contributed by atoms with van der Waals surface area (Å²) in [6, 6.07) is 0. The lowest BCUT2D eigenvalue weighted by atomic mass is 10.7. The molecule has 1 heterocycles. The first-order valence-corrected chi connectivity index (χ1v) is 3.93. The zero-order valence-electron chi connectivity index (χ0n) is 7.67. The van der Waals surface area contributed by atoms with Crippen LogP contribution >= 0.6 is 0 Å². The van der Waals surface area contributed by atoms with Gasteiger partial charge < -0.3 is 33.6 Å². The van der Waals surface area contributed by atoms with Gasteiger partial charge in [0.2, 0.25) is 6.33 Å². The second-order valence-corrected chi connectivity index (χ2v) is 2.61. The zero-order valence-corrected chi connectivity index (χ0v) is 9.26. The summed E-state index contributed by atoms with van der Waals surface area (Å²) in [5, 5.41) is 8.65. The number of hydrogen-bond acceptors (Lipinski definition) is 2. The van der Waals surface area contributed by atoms with E-state index in [1.165, 1.54) is 0 Å². The molecule has 0 aromatic carbocycles. The molecule has 14 heavy (non-hydrogen) atoms. The fourth-order valence-corrected chi connectivity index (χ4v) is 0.933. The van der Waals surface area contributed by atoms with Gasteiger partial charge in [0.15, 0.2) is 12.6 Å². The number of nitrogens with two attached hydrogens (primary N) is 2. The molecule has 0 saturated heterocycles. The summed E-state index contributed by atoms with van der Waals surface area (Å²) in [4.78, 5) is 3.83. The molecule has 7 heteroatoms. The third-order valence-corrected chi connectivity index (χ3v) is 1.52. The predicted molar refractivity (Wildman–Crippen MR) is 47.5 cm³/mol. The molecule has 1 rings (SSSR count). The molecule has 0 bridgehead atoms. The van der Waals surface area contributed by atoms with Gasteiger partial charge in [0.1, 0.15) is 18.9 Å². The summed E-state index contributed by atoms with van der Waals surface area (Å²) in [5.74, 6) is 0.0717. The highest BCUT2D eigenvalue weighted by Gasteiger charge is 2.00. The molecule has 1 aromatic heterocycles. The number of aliphatic hydroxyl groups is 1. The molecule has 0 amide bonds. The first-order valence-electron chi connectivity index (χ1n) is 3.93. The van der Waals surface area contributed by atoms with Crippen molar-refractivity contribution in [1.29, 1.82) is 0 Å². The SMILES string of the molecule is NC(N)=NC[n+]1ccn(CCO)c1.[Br-]. The minimum absolute atomic E-state index is 0. The Hall–Kier alpha value is -1.08. The van der Waals surface area contributed by atoms with Crippen molar-refractivity contribution in [3.63, 3.8) is 0 Å². The Kier molecular flexibility index (Phi) is 5.89. The number of halogens is 1. The Morgan fingerprint density at radius 3 is 2.79 bits per heavy atom. The van der Waals surface area contributed by atoms with Crippen LogP contribution in [0.1, 0.15) is 0 Å². The monoisotopic (exact) mass is 263 g/mol. The molecule has 80 valence electrons. The minimum atomic E-state index is 0. The number of guanidine groups is 1. The maximum atomic E-state index is 8.65. The first-order chi connectivity index (χ1) is 6.22. The summed E-state index contributed by atoms with van der Waals surface area (Å²) in [6.07, 6.45) is 5.50. The molecule has 0 aliphatic heterocycles. The molecule has 0 saturated carbocycles. The summed E-state index contributed by atoms with van der Waals surface area (Å²) >= 11 is 0. The topological polar surface area (TPSA) is 93.4 Å². The second-order valence-electron chi connectivity index (χ2n) is 2.61. The molecule has 0 aliphatic carbocycles. The molecule has 6 nitrogen and oxygen atoms in total. The van der Waals surface area contributed by atoms with Gasteiger partial charge in [0.05, 0.1) is 6.61 Å². The smallest absolute Gasteiger partial charge is 0.245 e. The van der Waals surface area contributed by atoms with E-state index in [0.717, 1.165) is 0 Å². The molecular formula is C7H14BrN5O. The lowest BCUT2D eigenvalue weighted by molar-refractivity contribution is -0.694. The van der Waals surface area contributed by atoms with E-state index in [2.05, 4.69) is 4.99 Å². The fourth-order valence-electron chi connectivity index (χ4n) is 0.933. The van der Waals surface area contributed by atoms with E-state index < -0.39 is 0 Å². The Balaban J connectivity index is 0.00000169. The van der Waals surface area contributed by atoms with Crippen LogP contribution in [0.2, 0.25) is 0 Å². The quantitative estimate of drug-likeness (QED) is 0.289. The molecule has 0 fully saturated rings. The first kappa shape index (κ1) is 12.9. The predicted octanol–water partition coefficient (Wildman–Crippen LogP) is -5.00. The number of hydrogen-bond donors (Lipinski definition) is 3. The third-order valence-electron chi connectivity index (χ3n) is 1.52. The van der Waals surface area contributed by atoms with Crippen molar-refractivity contribution < 1.29 is 26.7 Å². The molecule has 0 spiro atoms. The maximum Gasteiger partial charge on any atom is 0.245 e. The summed E-state index contributed by atoms with van der Waals surface area (Å²) in [6.45, 7) is 1.10. The lowest BCUT2D eigenvalue weighted by Crippen LogP contribution is -3.00. The average molecular weight is 264 g/mol. The molecule has 0 atom stereocenters. The number of aliphatic imine (C=N–C) groups is 1. The third kappa shape index (κ3) is 4.24. The van der Waals surface area contributed by atoms with Crippen LogP contribution in [0, 0.1) is 0 Å². The van der Waals surface area contributed by atoms with Gasteiger partial charge in [-0.25, -0.2) is 14.1 Å². The maximum absolute atomic E-state index is 8.65. The molecule has 0 radical (unpaired) electrons. The van der Waals surface area contributed by atoms with Crippen molar-refractivity contribution in [3.05, 3.63) is 18.7 Å². The van der Waals surface area contributed by atoms with Gasteiger partial charge >= 0.3 is 0 Å². The highest BCUT2D eigenvalue weighted by atomic mass is 79.9. The Labute approximate surface area is 92.6 Å². The van der Waals surface area contributed by atoms with Crippen molar-refractivity contribution >= 4 is 5.96 Å². The largest absolute Gasteiger partial charge is 1.00 e. The standard InChI is InChI=1S/C7H14N5O.BrH/c8-7(9)10-5-12-2-1-11(6-12)3-4-13;/h1-2,6,13H,3-5H2,(H4,8,9,10);1H/q+1;/p-1. The molecule has 5 N–H and O–H groups in total. The van der Waals surface area contributed by atoms with Crippen LogP contribution < -0.4 is 33.0 Å². The average Bonchev–Trinajstić information content (AvgIpc) is 2.50. The van der Waals surface area contributed by atoms with Crippen LogP contribution in [0.5, 0.6) is 0 Å². The van der Waals surface area contributed by atoms with Gasteiger partial charge in [-0.05, 0) is 0 Å². The number of aliphatic hydroxyl groups excluding tert-OH is 1. The van der Waals surface area contributed by atoms with Gasteiger partial charge in [0.25, 0.3) is 0 Å². The van der Waals surface area contributed by atoms with Crippen LogP contribution in [0.25, 0.3) is 0 Å². The normalized spacial score (nSPS) is 9.21. The zero-order chi connectivity index (χ0) is 9.68. The van der Waals surface area contributed by atoms with Crippen molar-refractivity contribution in [1.82, 2.24) is 4.57 Å². The number of nitrogens with zero attached hydrogens (tertiary/aromatic N) is 3. The van der Waals surface area contributed by atoms with E-state index in [1.54, 1.807) is 0 Å². The number of rotatable bonds is 4. The highest BCUT2D eigenvalue weighted by molar-refractivity contribution is 5.75. The molecule has 0 unspecified atom stereocenters. The van der Waals surface area contributed by atoms with E-state index in [9.17, 15) is 0 Å². The van der Waals surface area contributed by atoms with E-state index in [-0.39, 0.29) is 29.5 Å². The number of aromatic nitrogens is 2. The van der Waals surface area contributed by atoms with Crippen LogP contribution in [0.3, 0.4) is 0 Å². The lowest BCUT2D eigenvalue weighted by Gasteiger charge is -1.91. The van der Waals surface area contributed by atoms with E-state index >= 15 is 0 Å². The molecular weight excluding hydrogens is 250 g/mol. The Bertz CT molecular complexity index is 294. The highest BCUT2D eigenvalue weighted by Crippen LogP contribution is 1.83. The summed E-state index contributed by atoms with van der Waals surface area (Å²) in [7, 11) is 0. The van der Waals surface area contributed by atoms with E-state index in [4.69, 9.17) is 16.6 Å². The van der Waals surface area contributed by atoms with Crippen molar-refractivity contribution in [2.24, 2.45) is 16.5 Å². The van der Waals surface area contributed by atoms with Gasteiger partial charge in [-0.1, -0.05) is 0 Å². The Morgan fingerprint density at radius 2 is 2.21 bits per heavy atom. The fraction of sp³-hybridized carbons (Fsp3) is 0.429. The second kappa shape index (κ2) is 6.39. The van der Waals surface area contributed by atoms with Crippen molar-refractivity contribution in [2.75, 3.05) is 6.61 Å². The van der Waals surface area contributed by atoms with Gasteiger partial charge in [-0.2, -0.15) is 0 Å². The van der Waals surface area contributed by atoms with Crippen molar-refractivity contribution in [3.8, 4) is 0 Å². The van der Waals surface area contributed by atoms with Gasteiger partial charge in [0, 0.05) is 0 Å². The van der Waals surface area contributed by atoms with Crippen LogP contribution in [-0.2, 0) is 13.2 Å². The summed E-state index contributed by atoms with van der Waals surface area (Å²) in [5.41, 5.74) is 10.3. The van der Waals surface area contributed by atoms with E-state index in [0.29, 0.717) is 13.2 Å². The molecule has 1 aromatic rings. The van der Waals surface area contributed by atoms with Gasteiger partial charge in [-0.15, -0.1) is 0 Å². The van der Waals surface area contributed by atoms with Crippen LogP contribution in [-0.4, -0.2) is 22.2 Å². The minimum Gasteiger partial charge on any atom is -1.00 e.